The average molecular weight is 381 g/mol. The summed E-state index contributed by atoms with van der Waals surface area (Å²) in [6.07, 6.45) is -0.669. The standard InChI is InChI=1S/C16H19N3O6S/c1-25-16(22)18(14-6-7-15(26-14)19(23)24)13-4-2-12(3-5-13)17(8-10-20)9-11-21/h2-7,20-21H,8-11H2,1H3. The second kappa shape index (κ2) is 9.13. The zero-order valence-corrected chi connectivity index (χ0v) is 14.9. The molecular weight excluding hydrogens is 362 g/mol. The highest BCUT2D eigenvalue weighted by atomic mass is 32.1. The number of nitro groups is 1. The summed E-state index contributed by atoms with van der Waals surface area (Å²) >= 11 is 0.864. The maximum absolute atomic E-state index is 12.2. The van der Waals surface area contributed by atoms with Gasteiger partial charge in [0.1, 0.15) is 5.00 Å². The average Bonchev–Trinajstić information content (AvgIpc) is 3.12. The maximum atomic E-state index is 12.2. The van der Waals surface area contributed by atoms with Crippen molar-refractivity contribution in [1.29, 1.82) is 0 Å². The van der Waals surface area contributed by atoms with E-state index in [1.165, 1.54) is 24.1 Å². The van der Waals surface area contributed by atoms with Crippen LogP contribution in [0.25, 0.3) is 0 Å². The number of ether oxygens (including phenoxy) is 1. The van der Waals surface area contributed by atoms with Crippen molar-refractivity contribution >= 4 is 38.8 Å². The van der Waals surface area contributed by atoms with Gasteiger partial charge in [-0.05, 0) is 41.7 Å². The SMILES string of the molecule is COC(=O)N(c1ccc(N(CCO)CCO)cc1)c1ccc([N+](=O)[O-])s1. The van der Waals surface area contributed by atoms with Crippen molar-refractivity contribution in [1.82, 2.24) is 0 Å². The predicted octanol–water partition coefficient (Wildman–Crippen LogP) is 2.35. The van der Waals surface area contributed by atoms with Crippen LogP contribution in [-0.2, 0) is 4.74 Å². The minimum absolute atomic E-state index is 0.0606. The Hall–Kier alpha value is -2.69. The predicted molar refractivity (Wildman–Crippen MR) is 98.3 cm³/mol. The van der Waals surface area contributed by atoms with Crippen molar-refractivity contribution in [2.45, 2.75) is 0 Å². The fourth-order valence-corrected chi connectivity index (χ4v) is 3.21. The Morgan fingerprint density at radius 2 is 1.69 bits per heavy atom. The number of carbonyl (C=O) groups is 1. The van der Waals surface area contributed by atoms with Gasteiger partial charge in [-0.25, -0.2) is 9.69 Å². The molecule has 1 heterocycles. The minimum Gasteiger partial charge on any atom is -0.452 e. The zero-order chi connectivity index (χ0) is 19.1. The zero-order valence-electron chi connectivity index (χ0n) is 14.1. The molecule has 2 rings (SSSR count). The van der Waals surface area contributed by atoms with Crippen LogP contribution in [0.5, 0.6) is 0 Å². The lowest BCUT2D eigenvalue weighted by Gasteiger charge is -2.24. The van der Waals surface area contributed by atoms with Crippen LogP contribution in [-0.4, -0.2) is 54.6 Å². The molecular formula is C16H19N3O6S. The van der Waals surface area contributed by atoms with Crippen LogP contribution in [0, 0.1) is 10.1 Å². The summed E-state index contributed by atoms with van der Waals surface area (Å²) < 4.78 is 4.79. The van der Waals surface area contributed by atoms with Gasteiger partial charge in [-0.15, -0.1) is 0 Å². The minimum atomic E-state index is -0.669. The van der Waals surface area contributed by atoms with Gasteiger partial charge in [0, 0.05) is 24.8 Å². The lowest BCUT2D eigenvalue weighted by atomic mass is 10.2. The van der Waals surface area contributed by atoms with E-state index in [1.54, 1.807) is 29.2 Å². The van der Waals surface area contributed by atoms with Gasteiger partial charge in [0.05, 0.1) is 30.9 Å². The normalized spacial score (nSPS) is 10.4. The molecule has 0 aliphatic carbocycles. The molecule has 2 N–H and O–H groups in total. The molecule has 140 valence electrons. The maximum Gasteiger partial charge on any atom is 0.419 e. The Bertz CT molecular complexity index is 743. The molecule has 26 heavy (non-hydrogen) atoms. The summed E-state index contributed by atoms with van der Waals surface area (Å²) in [7, 11) is 1.23. The Balaban J connectivity index is 2.33. The Morgan fingerprint density at radius 3 is 2.15 bits per heavy atom. The highest BCUT2D eigenvalue weighted by Crippen LogP contribution is 2.36. The molecule has 1 aromatic carbocycles. The third-order valence-electron chi connectivity index (χ3n) is 3.55. The molecule has 0 fully saturated rings. The van der Waals surface area contributed by atoms with Crippen molar-refractivity contribution in [3.63, 3.8) is 0 Å². The van der Waals surface area contributed by atoms with E-state index >= 15 is 0 Å². The van der Waals surface area contributed by atoms with Gasteiger partial charge >= 0.3 is 11.1 Å². The number of hydrogen-bond acceptors (Lipinski definition) is 8. The summed E-state index contributed by atoms with van der Waals surface area (Å²) in [5.41, 5.74) is 1.24. The first-order valence-corrected chi connectivity index (χ1v) is 8.52. The van der Waals surface area contributed by atoms with E-state index < -0.39 is 11.0 Å². The largest absolute Gasteiger partial charge is 0.452 e. The second-order valence-corrected chi connectivity index (χ2v) is 6.17. The molecule has 9 nitrogen and oxygen atoms in total. The first-order chi connectivity index (χ1) is 12.5. The first kappa shape index (κ1) is 19.6. The molecule has 10 heteroatoms. The summed E-state index contributed by atoms with van der Waals surface area (Å²) in [4.78, 5) is 25.6. The van der Waals surface area contributed by atoms with Crippen LogP contribution in [0.1, 0.15) is 0 Å². The number of amides is 1. The van der Waals surface area contributed by atoms with Gasteiger partial charge < -0.3 is 19.8 Å². The van der Waals surface area contributed by atoms with Gasteiger partial charge in [-0.3, -0.25) is 10.1 Å². The van der Waals surface area contributed by atoms with Crippen molar-refractivity contribution in [2.24, 2.45) is 0 Å². The Kier molecular flexibility index (Phi) is 6.89. The molecule has 2 aromatic rings. The lowest BCUT2D eigenvalue weighted by Crippen LogP contribution is -2.29. The number of methoxy groups -OCH3 is 1. The topological polar surface area (TPSA) is 116 Å². The number of anilines is 3. The van der Waals surface area contributed by atoms with Crippen molar-refractivity contribution < 1.29 is 24.7 Å². The van der Waals surface area contributed by atoms with Crippen LogP contribution in [0.3, 0.4) is 0 Å². The number of aliphatic hydroxyl groups excluding tert-OH is 2. The molecule has 0 atom stereocenters. The van der Waals surface area contributed by atoms with Gasteiger partial charge in [0.25, 0.3) is 0 Å². The summed E-state index contributed by atoms with van der Waals surface area (Å²) in [6, 6.07) is 9.61. The molecule has 0 spiro atoms. The molecule has 0 radical (unpaired) electrons. The number of aliphatic hydroxyl groups is 2. The third kappa shape index (κ3) is 4.48. The highest BCUT2D eigenvalue weighted by Gasteiger charge is 2.23. The van der Waals surface area contributed by atoms with Crippen LogP contribution in [0.2, 0.25) is 0 Å². The number of rotatable bonds is 8. The number of thiophene rings is 1. The van der Waals surface area contributed by atoms with E-state index in [0.29, 0.717) is 23.8 Å². The summed E-state index contributed by atoms with van der Waals surface area (Å²) in [5.74, 6) is 0. The van der Waals surface area contributed by atoms with Crippen LogP contribution in [0.15, 0.2) is 36.4 Å². The molecule has 0 bridgehead atoms. The molecule has 0 saturated carbocycles. The van der Waals surface area contributed by atoms with E-state index in [4.69, 9.17) is 14.9 Å². The van der Waals surface area contributed by atoms with Gasteiger partial charge in [0.15, 0.2) is 0 Å². The molecule has 0 saturated heterocycles. The fourth-order valence-electron chi connectivity index (χ4n) is 2.37. The molecule has 0 aliphatic rings. The third-order valence-corrected chi connectivity index (χ3v) is 4.57. The van der Waals surface area contributed by atoms with E-state index in [0.717, 1.165) is 17.0 Å². The number of nitrogens with zero attached hydrogens (tertiary/aromatic N) is 3. The highest BCUT2D eigenvalue weighted by molar-refractivity contribution is 7.19. The summed E-state index contributed by atoms with van der Waals surface area (Å²) in [6.45, 7) is 0.597. The van der Waals surface area contributed by atoms with E-state index in [1.807, 2.05) is 0 Å². The fraction of sp³-hybridized carbons (Fsp3) is 0.312. The van der Waals surface area contributed by atoms with Crippen molar-refractivity contribution in [3.8, 4) is 0 Å². The second-order valence-electron chi connectivity index (χ2n) is 5.13. The number of carbonyl (C=O) groups excluding carboxylic acids is 1. The van der Waals surface area contributed by atoms with Gasteiger partial charge in [0.2, 0.25) is 0 Å². The van der Waals surface area contributed by atoms with Crippen LogP contribution in [0.4, 0.5) is 26.2 Å². The quantitative estimate of drug-likeness (QED) is 0.532. The van der Waals surface area contributed by atoms with Crippen LogP contribution < -0.4 is 9.80 Å². The Morgan fingerprint density at radius 1 is 1.12 bits per heavy atom. The van der Waals surface area contributed by atoms with Crippen LogP contribution >= 0.6 is 11.3 Å². The van der Waals surface area contributed by atoms with E-state index in [9.17, 15) is 14.9 Å². The lowest BCUT2D eigenvalue weighted by molar-refractivity contribution is -0.380. The summed E-state index contributed by atoms with van der Waals surface area (Å²) in [5, 5.41) is 29.4. The number of hydrogen-bond donors (Lipinski definition) is 2. The molecule has 0 unspecified atom stereocenters. The van der Waals surface area contributed by atoms with Gasteiger partial charge in [-0.1, -0.05) is 0 Å². The van der Waals surface area contributed by atoms with Crippen molar-refractivity contribution in [2.75, 3.05) is 43.2 Å². The van der Waals surface area contributed by atoms with E-state index in [2.05, 4.69) is 0 Å². The number of benzene rings is 1. The van der Waals surface area contributed by atoms with Gasteiger partial charge in [-0.2, -0.15) is 0 Å². The molecule has 0 aliphatic heterocycles. The monoisotopic (exact) mass is 381 g/mol. The smallest absolute Gasteiger partial charge is 0.419 e. The molecule has 1 amide bonds. The Labute approximate surface area is 153 Å². The van der Waals surface area contributed by atoms with Crippen molar-refractivity contribution in [3.05, 3.63) is 46.5 Å². The molecule has 1 aromatic heterocycles. The first-order valence-electron chi connectivity index (χ1n) is 7.70. The van der Waals surface area contributed by atoms with E-state index in [-0.39, 0.29) is 18.2 Å².